The van der Waals surface area contributed by atoms with E-state index in [9.17, 15) is 13.2 Å². The van der Waals surface area contributed by atoms with Crippen LogP contribution >= 0.6 is 27.3 Å². The van der Waals surface area contributed by atoms with E-state index in [-0.39, 0.29) is 17.1 Å². The second-order valence-electron chi connectivity index (χ2n) is 6.46. The number of rotatable bonds is 7. The minimum Gasteiger partial charge on any atom is -0.463 e. The second-order valence-corrected chi connectivity index (χ2v) is 10.5. The SMILES string of the molecule is O=C(CCS(=O)(=O)c1ccccc1)N(/N=C/c1ccco1)c1nc2ccc(Br)cc2s1. The fourth-order valence-electron chi connectivity index (χ4n) is 2.75. The van der Waals surface area contributed by atoms with Crippen LogP contribution in [0.1, 0.15) is 12.2 Å². The molecule has 0 saturated heterocycles. The average molecular weight is 518 g/mol. The Kier molecular flexibility index (Phi) is 6.30. The van der Waals surface area contributed by atoms with Crippen LogP contribution in [0.3, 0.4) is 0 Å². The Balaban J connectivity index is 1.61. The smallest absolute Gasteiger partial charge is 0.250 e. The van der Waals surface area contributed by atoms with Gasteiger partial charge in [-0.1, -0.05) is 45.5 Å². The van der Waals surface area contributed by atoms with E-state index in [0.29, 0.717) is 16.4 Å². The van der Waals surface area contributed by atoms with Crippen molar-refractivity contribution in [3.8, 4) is 0 Å². The van der Waals surface area contributed by atoms with E-state index in [1.807, 2.05) is 18.2 Å². The number of halogens is 1. The molecule has 0 aliphatic rings. The maximum atomic E-state index is 13.0. The number of hydrazone groups is 1. The lowest BCUT2D eigenvalue weighted by molar-refractivity contribution is -0.118. The number of furan rings is 1. The monoisotopic (exact) mass is 517 g/mol. The molecule has 0 radical (unpaired) electrons. The van der Waals surface area contributed by atoms with Gasteiger partial charge in [-0.3, -0.25) is 4.79 Å². The molecule has 7 nitrogen and oxygen atoms in total. The Morgan fingerprint density at radius 2 is 1.97 bits per heavy atom. The summed E-state index contributed by atoms with van der Waals surface area (Å²) in [6.45, 7) is 0. The van der Waals surface area contributed by atoms with E-state index in [2.05, 4.69) is 26.0 Å². The van der Waals surface area contributed by atoms with Crippen molar-refractivity contribution in [2.75, 3.05) is 10.8 Å². The van der Waals surface area contributed by atoms with Crippen molar-refractivity contribution >= 4 is 64.6 Å². The van der Waals surface area contributed by atoms with Crippen LogP contribution in [0.2, 0.25) is 0 Å². The van der Waals surface area contributed by atoms with Gasteiger partial charge in [-0.05, 0) is 42.5 Å². The van der Waals surface area contributed by atoms with Gasteiger partial charge in [0.15, 0.2) is 9.84 Å². The van der Waals surface area contributed by atoms with Crippen molar-refractivity contribution in [2.45, 2.75) is 11.3 Å². The number of carbonyl (C=O) groups is 1. The second kappa shape index (κ2) is 9.13. The molecule has 1 amide bonds. The van der Waals surface area contributed by atoms with Crippen molar-refractivity contribution in [3.63, 3.8) is 0 Å². The Morgan fingerprint density at radius 3 is 2.71 bits per heavy atom. The Labute approximate surface area is 191 Å². The number of fused-ring (bicyclic) bond motifs is 1. The van der Waals surface area contributed by atoms with Crippen molar-refractivity contribution in [1.29, 1.82) is 0 Å². The van der Waals surface area contributed by atoms with Crippen LogP contribution in [0.5, 0.6) is 0 Å². The van der Waals surface area contributed by atoms with Crippen LogP contribution in [-0.4, -0.2) is 31.3 Å². The molecule has 4 rings (SSSR count). The van der Waals surface area contributed by atoms with Crippen LogP contribution in [0.15, 0.2) is 85.8 Å². The number of sulfone groups is 1. The summed E-state index contributed by atoms with van der Waals surface area (Å²) < 4.78 is 32.2. The molecular formula is C21H16BrN3O4S2. The van der Waals surface area contributed by atoms with E-state index >= 15 is 0 Å². The molecule has 4 aromatic rings. The number of benzene rings is 2. The maximum Gasteiger partial charge on any atom is 0.250 e. The summed E-state index contributed by atoms with van der Waals surface area (Å²) in [4.78, 5) is 17.7. The predicted molar refractivity (Wildman–Crippen MR) is 124 cm³/mol. The number of thiazole rings is 1. The van der Waals surface area contributed by atoms with E-state index in [0.717, 1.165) is 14.2 Å². The first-order valence-electron chi connectivity index (χ1n) is 9.17. The molecular weight excluding hydrogens is 502 g/mol. The van der Waals surface area contributed by atoms with Gasteiger partial charge in [0.1, 0.15) is 5.76 Å². The molecule has 0 bridgehead atoms. The zero-order chi connectivity index (χ0) is 21.8. The summed E-state index contributed by atoms with van der Waals surface area (Å²) in [5.41, 5.74) is 0.714. The Hall–Kier alpha value is -2.82. The minimum absolute atomic E-state index is 0.179. The molecule has 0 saturated carbocycles. The van der Waals surface area contributed by atoms with Crippen LogP contribution < -0.4 is 5.01 Å². The summed E-state index contributed by atoms with van der Waals surface area (Å²) in [6.07, 6.45) is 2.65. The summed E-state index contributed by atoms with van der Waals surface area (Å²) in [5.74, 6) is -0.363. The van der Waals surface area contributed by atoms with Gasteiger partial charge >= 0.3 is 0 Å². The molecule has 2 aromatic carbocycles. The molecule has 158 valence electrons. The van der Waals surface area contributed by atoms with Crippen molar-refractivity contribution < 1.29 is 17.6 Å². The number of hydrogen-bond acceptors (Lipinski definition) is 7. The lowest BCUT2D eigenvalue weighted by atomic mass is 10.3. The fourth-order valence-corrected chi connectivity index (χ4v) is 5.49. The van der Waals surface area contributed by atoms with E-state index in [1.54, 1.807) is 30.3 Å². The highest BCUT2D eigenvalue weighted by Gasteiger charge is 2.23. The lowest BCUT2D eigenvalue weighted by Crippen LogP contribution is -2.27. The van der Waals surface area contributed by atoms with E-state index < -0.39 is 15.7 Å². The summed E-state index contributed by atoms with van der Waals surface area (Å²) >= 11 is 4.71. The zero-order valence-corrected chi connectivity index (χ0v) is 19.2. The third-order valence-electron chi connectivity index (χ3n) is 4.29. The predicted octanol–water partition coefficient (Wildman–Crippen LogP) is 4.88. The van der Waals surface area contributed by atoms with Gasteiger partial charge in [-0.2, -0.15) is 10.1 Å². The standard InChI is InChI=1S/C21H16BrN3O4S2/c22-15-8-9-18-19(13-15)30-21(24-18)25(23-14-16-5-4-11-29-16)20(26)10-12-31(27,28)17-6-2-1-3-7-17/h1-9,11,13-14H,10,12H2/b23-14+. The molecule has 0 N–H and O–H groups in total. The number of amides is 1. The number of aromatic nitrogens is 1. The third kappa shape index (κ3) is 5.09. The molecule has 2 aromatic heterocycles. The van der Waals surface area contributed by atoms with Gasteiger partial charge < -0.3 is 4.42 Å². The normalized spacial score (nSPS) is 11.9. The van der Waals surface area contributed by atoms with Gasteiger partial charge in [0.25, 0.3) is 5.91 Å². The van der Waals surface area contributed by atoms with Crippen LogP contribution in [0.4, 0.5) is 5.13 Å². The number of anilines is 1. The summed E-state index contributed by atoms with van der Waals surface area (Å²) in [6, 6.07) is 17.0. The van der Waals surface area contributed by atoms with Crippen molar-refractivity contribution in [1.82, 2.24) is 4.98 Å². The minimum atomic E-state index is -3.60. The van der Waals surface area contributed by atoms with Gasteiger partial charge in [0, 0.05) is 10.9 Å². The first kappa shape index (κ1) is 21.4. The fraction of sp³-hybridized carbons (Fsp3) is 0.0952. The topological polar surface area (TPSA) is 92.8 Å². The van der Waals surface area contributed by atoms with Crippen LogP contribution in [0.25, 0.3) is 10.2 Å². The first-order chi connectivity index (χ1) is 14.9. The van der Waals surface area contributed by atoms with Gasteiger partial charge in [-0.25, -0.2) is 13.4 Å². The molecule has 0 unspecified atom stereocenters. The van der Waals surface area contributed by atoms with Gasteiger partial charge in [0.2, 0.25) is 5.13 Å². The molecule has 0 aliphatic carbocycles. The largest absolute Gasteiger partial charge is 0.463 e. The zero-order valence-electron chi connectivity index (χ0n) is 16.0. The molecule has 0 aliphatic heterocycles. The molecule has 0 atom stereocenters. The summed E-state index contributed by atoms with van der Waals surface area (Å²) in [5, 5.41) is 5.71. The van der Waals surface area contributed by atoms with E-state index in [4.69, 9.17) is 4.42 Å². The van der Waals surface area contributed by atoms with Crippen molar-refractivity contribution in [2.24, 2.45) is 5.10 Å². The third-order valence-corrected chi connectivity index (χ3v) is 7.51. The maximum absolute atomic E-state index is 13.0. The number of hydrogen-bond donors (Lipinski definition) is 0. The Morgan fingerprint density at radius 1 is 1.16 bits per heavy atom. The lowest BCUT2D eigenvalue weighted by Gasteiger charge is -2.13. The highest BCUT2D eigenvalue weighted by Crippen LogP contribution is 2.31. The van der Waals surface area contributed by atoms with Crippen LogP contribution in [0, 0.1) is 0 Å². The van der Waals surface area contributed by atoms with Crippen LogP contribution in [-0.2, 0) is 14.6 Å². The molecule has 10 heteroatoms. The molecule has 0 spiro atoms. The summed E-state index contributed by atoms with van der Waals surface area (Å²) in [7, 11) is -3.60. The highest BCUT2D eigenvalue weighted by molar-refractivity contribution is 9.10. The first-order valence-corrected chi connectivity index (χ1v) is 12.4. The quantitative estimate of drug-likeness (QED) is 0.257. The van der Waals surface area contributed by atoms with Gasteiger partial charge in [0.05, 0.1) is 33.3 Å². The average Bonchev–Trinajstić information content (AvgIpc) is 3.42. The molecule has 31 heavy (non-hydrogen) atoms. The molecule has 0 fully saturated rings. The van der Waals surface area contributed by atoms with Gasteiger partial charge in [-0.15, -0.1) is 0 Å². The highest BCUT2D eigenvalue weighted by atomic mass is 79.9. The number of nitrogens with zero attached hydrogens (tertiary/aromatic N) is 3. The van der Waals surface area contributed by atoms with Crippen molar-refractivity contribution in [3.05, 3.63) is 77.2 Å². The Bertz CT molecular complexity index is 1330. The van der Waals surface area contributed by atoms with E-state index in [1.165, 1.54) is 35.9 Å². The number of carbonyl (C=O) groups excluding carboxylic acids is 1. The molecule has 2 heterocycles.